The first-order chi connectivity index (χ1) is 14.7. The predicted molar refractivity (Wildman–Crippen MR) is 107 cm³/mol. The van der Waals surface area contributed by atoms with Crippen molar-refractivity contribution < 1.29 is 23.1 Å². The number of benzene rings is 2. The number of ketones is 1. The maximum atomic E-state index is 13.7. The number of carbonyl (C=O) groups excluding carboxylic acids is 2. The van der Waals surface area contributed by atoms with E-state index >= 15 is 0 Å². The molecule has 10 heteroatoms. The van der Waals surface area contributed by atoms with E-state index in [1.807, 2.05) is 0 Å². The third-order valence-electron chi connectivity index (χ3n) is 4.53. The molecule has 0 saturated carbocycles. The molecule has 31 heavy (non-hydrogen) atoms. The number of aromatic nitrogens is 2. The van der Waals surface area contributed by atoms with Crippen LogP contribution >= 0.6 is 0 Å². The van der Waals surface area contributed by atoms with Crippen molar-refractivity contribution in [1.82, 2.24) is 9.13 Å². The highest BCUT2D eigenvalue weighted by molar-refractivity contribution is 6.02. The zero-order valence-electron chi connectivity index (χ0n) is 16.3. The smallest absolute Gasteiger partial charge is 0.341 e. The monoisotopic (exact) mass is 429 g/mol. The van der Waals surface area contributed by atoms with Crippen LogP contribution in [-0.4, -0.2) is 27.5 Å². The summed E-state index contributed by atoms with van der Waals surface area (Å²) in [5, 5.41) is 0. The number of carbonyl (C=O) groups is 2. The van der Waals surface area contributed by atoms with Crippen molar-refractivity contribution in [3.63, 3.8) is 0 Å². The zero-order chi connectivity index (χ0) is 22.7. The fourth-order valence-corrected chi connectivity index (χ4v) is 2.90. The second-order valence-corrected chi connectivity index (χ2v) is 6.60. The summed E-state index contributed by atoms with van der Waals surface area (Å²) in [5.41, 5.74) is 3.85. The highest BCUT2D eigenvalue weighted by atomic mass is 19.1. The van der Waals surface area contributed by atoms with Gasteiger partial charge in [-0.1, -0.05) is 30.3 Å². The minimum absolute atomic E-state index is 0.000481. The fourth-order valence-electron chi connectivity index (χ4n) is 2.90. The highest BCUT2D eigenvalue weighted by Gasteiger charge is 2.23. The Labute approximate surface area is 174 Å². The number of esters is 1. The molecule has 0 spiro atoms. The molecule has 0 aliphatic heterocycles. The Kier molecular flexibility index (Phi) is 6.10. The minimum Gasteiger partial charge on any atom is -0.454 e. The topological polar surface area (TPSA) is 113 Å². The van der Waals surface area contributed by atoms with Gasteiger partial charge in [0.2, 0.25) is 5.78 Å². The summed E-state index contributed by atoms with van der Waals surface area (Å²) in [4.78, 5) is 49.5. The summed E-state index contributed by atoms with van der Waals surface area (Å²) in [6, 6.07) is 11.0. The van der Waals surface area contributed by atoms with E-state index in [1.54, 1.807) is 30.3 Å². The molecule has 1 aromatic heterocycles. The van der Waals surface area contributed by atoms with Crippen molar-refractivity contribution in [2.45, 2.75) is 6.54 Å². The maximum absolute atomic E-state index is 13.7. The van der Waals surface area contributed by atoms with Crippen LogP contribution in [0.3, 0.4) is 0 Å². The number of ether oxygens (including phenoxy) is 1. The standard InChI is InChI=1S/C21H17F2N3O5/c1-25-19(28)17(18(24)26(21(25)30)10-12-5-3-2-4-6-12)16(27)11-31-20(29)14-8-7-13(22)9-15(14)23/h2-9H,10-11,24H2,1H3. The van der Waals surface area contributed by atoms with Gasteiger partial charge in [0, 0.05) is 13.1 Å². The molecule has 3 aromatic rings. The van der Waals surface area contributed by atoms with Gasteiger partial charge in [-0.2, -0.15) is 0 Å². The number of nitrogens with zero attached hydrogens (tertiary/aromatic N) is 2. The second kappa shape index (κ2) is 8.74. The molecule has 1 heterocycles. The van der Waals surface area contributed by atoms with Crippen molar-refractivity contribution in [3.05, 3.63) is 97.7 Å². The lowest BCUT2D eigenvalue weighted by atomic mass is 10.1. The molecule has 0 saturated heterocycles. The Morgan fingerprint density at radius 1 is 1.06 bits per heavy atom. The van der Waals surface area contributed by atoms with Crippen LogP contribution in [0.15, 0.2) is 58.1 Å². The van der Waals surface area contributed by atoms with E-state index < -0.39 is 52.4 Å². The Morgan fingerprint density at radius 3 is 2.39 bits per heavy atom. The van der Waals surface area contributed by atoms with Crippen LogP contribution in [0.1, 0.15) is 26.3 Å². The van der Waals surface area contributed by atoms with Gasteiger partial charge in [0.1, 0.15) is 23.0 Å². The van der Waals surface area contributed by atoms with Crippen LogP contribution in [0.2, 0.25) is 0 Å². The lowest BCUT2D eigenvalue weighted by Gasteiger charge is -2.14. The van der Waals surface area contributed by atoms with Crippen LogP contribution in [-0.2, 0) is 18.3 Å². The molecular formula is C21H17F2N3O5. The molecule has 0 atom stereocenters. The number of hydrogen-bond donors (Lipinski definition) is 1. The summed E-state index contributed by atoms with van der Waals surface area (Å²) in [7, 11) is 1.18. The molecule has 2 aromatic carbocycles. The van der Waals surface area contributed by atoms with Crippen LogP contribution in [0.25, 0.3) is 0 Å². The van der Waals surface area contributed by atoms with Crippen LogP contribution in [0.4, 0.5) is 14.6 Å². The molecule has 2 N–H and O–H groups in total. The van der Waals surface area contributed by atoms with E-state index in [2.05, 4.69) is 0 Å². The third kappa shape index (κ3) is 4.42. The lowest BCUT2D eigenvalue weighted by Crippen LogP contribution is -2.43. The largest absolute Gasteiger partial charge is 0.454 e. The number of nitrogen functional groups attached to an aromatic ring is 1. The molecule has 8 nitrogen and oxygen atoms in total. The Morgan fingerprint density at radius 2 is 1.74 bits per heavy atom. The predicted octanol–water partition coefficient (Wildman–Crippen LogP) is 1.50. The fraction of sp³-hybridized carbons (Fsp3) is 0.143. The quantitative estimate of drug-likeness (QED) is 0.469. The van der Waals surface area contributed by atoms with Gasteiger partial charge in [-0.25, -0.2) is 18.4 Å². The van der Waals surface area contributed by atoms with E-state index in [0.29, 0.717) is 16.2 Å². The van der Waals surface area contributed by atoms with Crippen molar-refractivity contribution in [2.24, 2.45) is 7.05 Å². The molecule has 0 unspecified atom stereocenters. The number of halogens is 2. The Hall–Kier alpha value is -4.08. The van der Waals surface area contributed by atoms with E-state index in [-0.39, 0.29) is 12.4 Å². The normalized spacial score (nSPS) is 10.7. The van der Waals surface area contributed by atoms with Crippen LogP contribution < -0.4 is 17.0 Å². The Bertz CT molecular complexity index is 1280. The molecule has 0 radical (unpaired) electrons. The third-order valence-corrected chi connectivity index (χ3v) is 4.53. The number of nitrogens with two attached hydrogens (primary N) is 1. The first-order valence-electron chi connectivity index (χ1n) is 8.99. The van der Waals surface area contributed by atoms with Gasteiger partial charge in [-0.05, 0) is 17.7 Å². The summed E-state index contributed by atoms with van der Waals surface area (Å²) < 4.78 is 33.2. The van der Waals surface area contributed by atoms with Crippen LogP contribution in [0, 0.1) is 11.6 Å². The first kappa shape index (κ1) is 21.6. The number of Topliss-reactive ketones (excluding diaryl/α,β-unsaturated/α-hetero) is 1. The minimum atomic E-state index is -1.22. The zero-order valence-corrected chi connectivity index (χ0v) is 16.3. The average Bonchev–Trinajstić information content (AvgIpc) is 2.74. The second-order valence-electron chi connectivity index (χ2n) is 6.60. The summed E-state index contributed by atoms with van der Waals surface area (Å²) in [6.07, 6.45) is 0. The van der Waals surface area contributed by atoms with Gasteiger partial charge in [-0.3, -0.25) is 18.7 Å². The molecule has 160 valence electrons. The summed E-state index contributed by atoms with van der Waals surface area (Å²) in [6.45, 7) is -0.931. The van der Waals surface area contributed by atoms with E-state index in [9.17, 15) is 28.0 Å². The first-order valence-corrected chi connectivity index (χ1v) is 8.99. The van der Waals surface area contributed by atoms with E-state index in [0.717, 1.165) is 16.7 Å². The van der Waals surface area contributed by atoms with Gasteiger partial charge < -0.3 is 10.5 Å². The van der Waals surface area contributed by atoms with Crippen LogP contribution in [0.5, 0.6) is 0 Å². The SMILES string of the molecule is Cn1c(=O)c(C(=O)COC(=O)c2ccc(F)cc2F)c(N)n(Cc2ccccc2)c1=O. The summed E-state index contributed by atoms with van der Waals surface area (Å²) in [5.74, 6) is -4.63. The van der Waals surface area contributed by atoms with Gasteiger partial charge in [0.15, 0.2) is 6.61 Å². The van der Waals surface area contributed by atoms with Crippen molar-refractivity contribution in [1.29, 1.82) is 0 Å². The van der Waals surface area contributed by atoms with Gasteiger partial charge in [0.25, 0.3) is 5.56 Å². The molecule has 3 rings (SSSR count). The lowest BCUT2D eigenvalue weighted by molar-refractivity contribution is 0.0469. The number of rotatable bonds is 6. The van der Waals surface area contributed by atoms with Crippen molar-refractivity contribution in [2.75, 3.05) is 12.3 Å². The number of hydrogen-bond acceptors (Lipinski definition) is 6. The molecule has 0 amide bonds. The molecular weight excluding hydrogens is 412 g/mol. The molecule has 0 aliphatic rings. The molecule has 0 aliphatic carbocycles. The van der Waals surface area contributed by atoms with Crippen molar-refractivity contribution in [3.8, 4) is 0 Å². The summed E-state index contributed by atoms with van der Waals surface area (Å²) >= 11 is 0. The van der Waals surface area contributed by atoms with Gasteiger partial charge >= 0.3 is 11.7 Å². The Balaban J connectivity index is 1.89. The van der Waals surface area contributed by atoms with Crippen molar-refractivity contribution >= 4 is 17.6 Å². The molecule has 0 fully saturated rings. The highest BCUT2D eigenvalue weighted by Crippen LogP contribution is 2.13. The average molecular weight is 429 g/mol. The number of anilines is 1. The van der Waals surface area contributed by atoms with E-state index in [4.69, 9.17) is 10.5 Å². The van der Waals surface area contributed by atoms with Gasteiger partial charge in [-0.15, -0.1) is 0 Å². The van der Waals surface area contributed by atoms with Gasteiger partial charge in [0.05, 0.1) is 12.1 Å². The van der Waals surface area contributed by atoms with E-state index in [1.165, 1.54) is 7.05 Å². The maximum Gasteiger partial charge on any atom is 0.341 e. The molecule has 0 bridgehead atoms.